The molecule has 1 aromatic carbocycles. The van der Waals surface area contributed by atoms with Gasteiger partial charge in [0.1, 0.15) is 5.82 Å². The maximum atomic E-state index is 13.3. The number of nitrogens with one attached hydrogen (secondary N) is 1. The summed E-state index contributed by atoms with van der Waals surface area (Å²) in [6, 6.07) is 3.92. The van der Waals surface area contributed by atoms with Crippen LogP contribution in [0.25, 0.3) is 0 Å². The van der Waals surface area contributed by atoms with Gasteiger partial charge in [0.15, 0.2) is 6.61 Å². The van der Waals surface area contributed by atoms with Crippen LogP contribution in [0.3, 0.4) is 0 Å². The Hall–Kier alpha value is -2.23. The third-order valence-corrected chi connectivity index (χ3v) is 3.77. The predicted octanol–water partition coefficient (Wildman–Crippen LogP) is 3.84. The van der Waals surface area contributed by atoms with Crippen LogP contribution in [0.4, 0.5) is 23.2 Å². The van der Waals surface area contributed by atoms with Gasteiger partial charge in [0.05, 0.1) is 0 Å². The molecule has 5 nitrogen and oxygen atoms in total. The summed E-state index contributed by atoms with van der Waals surface area (Å²) < 4.78 is 55.3. The molecular weight excluding hydrogens is 350 g/mol. The highest BCUT2D eigenvalue weighted by Gasteiger charge is 2.36. The standard InChI is InChI=1S/C14H13F4N3O2S/c1-7(2)9-5-8(15)3-4-10(9)19-11(22)6-23-13-21-20-12(24-13)14(16,17)18/h3-5,7H,6H2,1-2H3,(H,19,22). The molecule has 1 aromatic heterocycles. The van der Waals surface area contributed by atoms with Gasteiger partial charge in [-0.25, -0.2) is 4.39 Å². The van der Waals surface area contributed by atoms with Crippen LogP contribution in [0.2, 0.25) is 0 Å². The van der Waals surface area contributed by atoms with E-state index in [9.17, 15) is 22.4 Å². The average molecular weight is 363 g/mol. The van der Waals surface area contributed by atoms with Crippen LogP contribution in [0.1, 0.15) is 30.3 Å². The van der Waals surface area contributed by atoms with Gasteiger partial charge in [-0.3, -0.25) is 4.79 Å². The first-order valence-corrected chi connectivity index (χ1v) is 7.61. The molecule has 0 fully saturated rings. The number of nitrogens with zero attached hydrogens (tertiary/aromatic N) is 2. The maximum absolute atomic E-state index is 13.3. The molecule has 0 radical (unpaired) electrons. The molecule has 1 amide bonds. The summed E-state index contributed by atoms with van der Waals surface area (Å²) in [6.07, 6.45) is -4.61. The number of halogens is 4. The molecule has 0 aliphatic heterocycles. The molecule has 24 heavy (non-hydrogen) atoms. The number of hydrogen-bond donors (Lipinski definition) is 1. The number of alkyl halides is 3. The van der Waals surface area contributed by atoms with Crippen LogP contribution in [0.15, 0.2) is 18.2 Å². The Kier molecular flexibility index (Phi) is 5.37. The molecule has 130 valence electrons. The monoisotopic (exact) mass is 363 g/mol. The van der Waals surface area contributed by atoms with Gasteiger partial charge in [-0.1, -0.05) is 30.3 Å². The number of rotatable bonds is 5. The van der Waals surface area contributed by atoms with Gasteiger partial charge in [-0.05, 0) is 29.7 Å². The van der Waals surface area contributed by atoms with Crippen molar-refractivity contribution in [2.75, 3.05) is 11.9 Å². The van der Waals surface area contributed by atoms with E-state index in [0.717, 1.165) is 0 Å². The van der Waals surface area contributed by atoms with Crippen molar-refractivity contribution < 1.29 is 27.1 Å². The normalized spacial score (nSPS) is 11.6. The number of carbonyl (C=O) groups is 1. The van der Waals surface area contributed by atoms with Crippen molar-refractivity contribution in [1.29, 1.82) is 0 Å². The quantitative estimate of drug-likeness (QED) is 0.820. The fraction of sp³-hybridized carbons (Fsp3) is 0.357. The van der Waals surface area contributed by atoms with E-state index in [4.69, 9.17) is 4.74 Å². The molecule has 0 saturated carbocycles. The van der Waals surface area contributed by atoms with E-state index >= 15 is 0 Å². The molecule has 0 saturated heterocycles. The maximum Gasteiger partial charge on any atom is 0.445 e. The number of ether oxygens (including phenoxy) is 1. The molecule has 1 heterocycles. The fourth-order valence-corrected chi connectivity index (χ4v) is 2.38. The van der Waals surface area contributed by atoms with Crippen molar-refractivity contribution in [2.24, 2.45) is 0 Å². The number of carbonyl (C=O) groups excluding carboxylic acids is 1. The highest BCUT2D eigenvalue weighted by Crippen LogP contribution is 2.33. The van der Waals surface area contributed by atoms with E-state index in [0.29, 0.717) is 11.3 Å². The summed E-state index contributed by atoms with van der Waals surface area (Å²) >= 11 is 0.199. The summed E-state index contributed by atoms with van der Waals surface area (Å²) in [5, 5.41) is 7.17. The largest absolute Gasteiger partial charge is 0.459 e. The third kappa shape index (κ3) is 4.63. The summed E-state index contributed by atoms with van der Waals surface area (Å²) in [7, 11) is 0. The highest BCUT2D eigenvalue weighted by molar-refractivity contribution is 7.13. The lowest BCUT2D eigenvalue weighted by Crippen LogP contribution is -2.21. The number of benzene rings is 1. The van der Waals surface area contributed by atoms with Crippen molar-refractivity contribution >= 4 is 22.9 Å². The molecule has 0 atom stereocenters. The van der Waals surface area contributed by atoms with Gasteiger partial charge in [-0.2, -0.15) is 13.2 Å². The van der Waals surface area contributed by atoms with Gasteiger partial charge in [0.25, 0.3) is 11.1 Å². The van der Waals surface area contributed by atoms with Gasteiger partial charge in [0.2, 0.25) is 5.01 Å². The summed E-state index contributed by atoms with van der Waals surface area (Å²) in [5.41, 5.74) is 1.01. The van der Waals surface area contributed by atoms with Gasteiger partial charge in [0, 0.05) is 5.69 Å². The Morgan fingerprint density at radius 1 is 1.33 bits per heavy atom. The minimum absolute atomic E-state index is 0.0329. The second-order valence-corrected chi connectivity index (χ2v) is 6.03. The molecule has 0 bridgehead atoms. The number of hydrogen-bond acceptors (Lipinski definition) is 5. The Morgan fingerprint density at radius 2 is 2.04 bits per heavy atom. The Bertz CT molecular complexity index is 731. The van der Waals surface area contributed by atoms with Crippen LogP contribution in [-0.2, 0) is 11.0 Å². The highest BCUT2D eigenvalue weighted by atomic mass is 32.1. The average Bonchev–Trinajstić information content (AvgIpc) is 2.96. The Morgan fingerprint density at radius 3 is 2.62 bits per heavy atom. The zero-order valence-corrected chi connectivity index (χ0v) is 13.5. The van der Waals surface area contributed by atoms with E-state index in [1.54, 1.807) is 0 Å². The van der Waals surface area contributed by atoms with Gasteiger partial charge in [-0.15, -0.1) is 5.10 Å². The summed E-state index contributed by atoms with van der Waals surface area (Å²) in [5.74, 6) is -1.07. The Balaban J connectivity index is 1.98. The van der Waals surface area contributed by atoms with Crippen molar-refractivity contribution in [1.82, 2.24) is 10.2 Å². The summed E-state index contributed by atoms with van der Waals surface area (Å²) in [4.78, 5) is 11.9. The van der Waals surface area contributed by atoms with E-state index in [1.165, 1.54) is 18.2 Å². The molecular formula is C14H13F4N3O2S. The minimum atomic E-state index is -4.61. The smallest absolute Gasteiger partial charge is 0.445 e. The van der Waals surface area contributed by atoms with Crippen LogP contribution in [0.5, 0.6) is 5.19 Å². The second-order valence-electron chi connectivity index (χ2n) is 5.09. The second kappa shape index (κ2) is 7.12. The third-order valence-electron chi connectivity index (χ3n) is 2.89. The van der Waals surface area contributed by atoms with Crippen molar-refractivity contribution in [3.05, 3.63) is 34.6 Å². The van der Waals surface area contributed by atoms with E-state index in [-0.39, 0.29) is 22.4 Å². The van der Waals surface area contributed by atoms with E-state index in [1.807, 2.05) is 13.8 Å². The predicted molar refractivity (Wildman–Crippen MR) is 79.5 cm³/mol. The number of anilines is 1. The van der Waals surface area contributed by atoms with Gasteiger partial charge < -0.3 is 10.1 Å². The number of aromatic nitrogens is 2. The first-order valence-electron chi connectivity index (χ1n) is 6.79. The van der Waals surface area contributed by atoms with Crippen LogP contribution >= 0.6 is 11.3 Å². The van der Waals surface area contributed by atoms with Gasteiger partial charge >= 0.3 is 6.18 Å². The SMILES string of the molecule is CC(C)c1cc(F)ccc1NC(=O)COc1nnc(C(F)(F)F)s1. The van der Waals surface area contributed by atoms with E-state index in [2.05, 4.69) is 15.5 Å². The summed E-state index contributed by atoms with van der Waals surface area (Å²) in [6.45, 7) is 3.13. The lowest BCUT2D eigenvalue weighted by atomic mass is 10.0. The zero-order valence-electron chi connectivity index (χ0n) is 12.6. The minimum Gasteiger partial charge on any atom is -0.459 e. The topological polar surface area (TPSA) is 64.1 Å². The Labute approximate surface area is 138 Å². The molecule has 0 spiro atoms. The first-order chi connectivity index (χ1) is 11.2. The molecule has 10 heteroatoms. The van der Waals surface area contributed by atoms with Crippen molar-refractivity contribution in [3.63, 3.8) is 0 Å². The first kappa shape index (κ1) is 18.1. The molecule has 2 aromatic rings. The molecule has 2 rings (SSSR count). The van der Waals surface area contributed by atoms with E-state index < -0.39 is 29.5 Å². The van der Waals surface area contributed by atoms with Crippen LogP contribution in [0, 0.1) is 5.82 Å². The van der Waals surface area contributed by atoms with Crippen LogP contribution < -0.4 is 10.1 Å². The van der Waals surface area contributed by atoms with Crippen LogP contribution in [-0.4, -0.2) is 22.7 Å². The molecule has 0 unspecified atom stereocenters. The molecule has 1 N–H and O–H groups in total. The molecule has 0 aliphatic carbocycles. The fourth-order valence-electron chi connectivity index (χ4n) is 1.82. The lowest BCUT2D eigenvalue weighted by Gasteiger charge is -2.13. The molecule has 0 aliphatic rings. The zero-order chi connectivity index (χ0) is 17.9. The van der Waals surface area contributed by atoms with Crippen molar-refractivity contribution in [2.45, 2.75) is 25.9 Å². The number of amides is 1. The van der Waals surface area contributed by atoms with Crippen molar-refractivity contribution in [3.8, 4) is 5.19 Å². The lowest BCUT2D eigenvalue weighted by molar-refractivity contribution is -0.138.